The number of hydrogen-bond donors (Lipinski definition) is 3. The third kappa shape index (κ3) is 9.52. The van der Waals surface area contributed by atoms with E-state index >= 15 is 0 Å². The van der Waals surface area contributed by atoms with Crippen LogP contribution in [0.1, 0.15) is 53.9 Å². The fourth-order valence-corrected chi connectivity index (χ4v) is 2.02. The minimum absolute atomic E-state index is 0. The Kier molecular flexibility index (Phi) is 28.1. The summed E-state index contributed by atoms with van der Waals surface area (Å²) in [6.45, 7) is 11.3. The van der Waals surface area contributed by atoms with Gasteiger partial charge in [-0.2, -0.15) is 0 Å². The molecule has 1 fully saturated rings. The van der Waals surface area contributed by atoms with Gasteiger partial charge >= 0.3 is 0 Å². The zero-order valence-electron chi connectivity index (χ0n) is 14.5. The van der Waals surface area contributed by atoms with Crippen LogP contribution in [-0.4, -0.2) is 36.6 Å². The molecule has 0 heterocycles. The van der Waals surface area contributed by atoms with Crippen LogP contribution in [0.3, 0.4) is 0 Å². The Balaban J connectivity index is -0.000000162. The Morgan fingerprint density at radius 3 is 1.20 bits per heavy atom. The molecule has 0 unspecified atom stereocenters. The standard InChI is InChI=1S/C13H21.3CH4O.Ti/c1-6-7-8-13-11(4)9(2)10(3)12(13)5;3*1-2;/h6-8H2,1-5H3;3*2H,1H3;. The summed E-state index contributed by atoms with van der Waals surface area (Å²) in [4.78, 5) is 0. The van der Waals surface area contributed by atoms with Crippen LogP contribution in [0.25, 0.3) is 0 Å². The zero-order chi connectivity index (χ0) is 16.0. The first kappa shape index (κ1) is 28.7. The van der Waals surface area contributed by atoms with Crippen molar-refractivity contribution in [3.63, 3.8) is 0 Å². The number of hydrogen-bond acceptors (Lipinski definition) is 3. The van der Waals surface area contributed by atoms with Crippen LogP contribution in [0.5, 0.6) is 0 Å². The maximum atomic E-state index is 7.00. The molecule has 119 valence electrons. The molecule has 4 heteroatoms. The van der Waals surface area contributed by atoms with E-state index in [1.165, 1.54) is 42.9 Å². The maximum absolute atomic E-state index is 7.00. The first-order chi connectivity index (χ1) is 9.09. The smallest absolute Gasteiger partial charge is 0.0319 e. The molecular weight excluding hydrogens is 288 g/mol. The van der Waals surface area contributed by atoms with E-state index in [1.807, 2.05) is 0 Å². The number of aliphatic hydroxyl groups is 3. The Morgan fingerprint density at radius 2 is 0.950 bits per heavy atom. The van der Waals surface area contributed by atoms with Crippen LogP contribution in [-0.2, 0) is 21.7 Å². The molecule has 3 nitrogen and oxygen atoms in total. The van der Waals surface area contributed by atoms with E-state index in [9.17, 15) is 0 Å². The van der Waals surface area contributed by atoms with E-state index in [2.05, 4.69) is 34.6 Å². The van der Waals surface area contributed by atoms with Gasteiger partial charge < -0.3 is 15.3 Å². The van der Waals surface area contributed by atoms with Gasteiger partial charge in [-0.05, 0) is 36.0 Å². The number of rotatable bonds is 3. The molecule has 0 aromatic heterocycles. The summed E-state index contributed by atoms with van der Waals surface area (Å²) < 4.78 is 0. The molecule has 0 spiro atoms. The summed E-state index contributed by atoms with van der Waals surface area (Å²) in [6.07, 6.45) is 3.88. The van der Waals surface area contributed by atoms with Crippen molar-refractivity contribution < 1.29 is 37.0 Å². The van der Waals surface area contributed by atoms with Gasteiger partial charge in [-0.25, -0.2) is 0 Å². The van der Waals surface area contributed by atoms with Gasteiger partial charge in [-0.15, -0.1) is 0 Å². The zero-order valence-corrected chi connectivity index (χ0v) is 16.0. The van der Waals surface area contributed by atoms with Crippen molar-refractivity contribution in [1.29, 1.82) is 0 Å². The average molecular weight is 321 g/mol. The largest absolute Gasteiger partial charge is 0.400 e. The Morgan fingerprint density at radius 1 is 0.650 bits per heavy atom. The third-order valence-corrected chi connectivity index (χ3v) is 3.37. The van der Waals surface area contributed by atoms with Gasteiger partial charge in [0.1, 0.15) is 0 Å². The van der Waals surface area contributed by atoms with Gasteiger partial charge in [0, 0.05) is 43.0 Å². The molecule has 0 saturated heterocycles. The van der Waals surface area contributed by atoms with Gasteiger partial charge in [0.15, 0.2) is 0 Å². The van der Waals surface area contributed by atoms with Crippen molar-refractivity contribution in [2.24, 2.45) is 0 Å². The summed E-state index contributed by atoms with van der Waals surface area (Å²) in [6, 6.07) is 0. The van der Waals surface area contributed by atoms with Crippen LogP contribution >= 0.6 is 0 Å². The second kappa shape index (κ2) is 19.6. The van der Waals surface area contributed by atoms with Gasteiger partial charge in [-0.3, -0.25) is 0 Å². The van der Waals surface area contributed by atoms with Crippen LogP contribution in [0, 0.1) is 29.6 Å². The van der Waals surface area contributed by atoms with Crippen molar-refractivity contribution in [2.75, 3.05) is 21.3 Å². The SMILES string of the molecule is CCCC[C]1[C](C)[C](C)[C](C)[C]1C.CO.CO.CO.[Ti]. The normalized spacial score (nSPS) is 16.9. The van der Waals surface area contributed by atoms with Crippen molar-refractivity contribution in [3.8, 4) is 0 Å². The fraction of sp³-hybridized carbons (Fsp3) is 0.688. The van der Waals surface area contributed by atoms with Crippen LogP contribution in [0.2, 0.25) is 0 Å². The first-order valence-corrected chi connectivity index (χ1v) is 6.65. The quantitative estimate of drug-likeness (QED) is 0.701. The molecular formula is C16H33O3Ti. The Bertz CT molecular complexity index is 154. The summed E-state index contributed by atoms with van der Waals surface area (Å²) >= 11 is 0. The molecule has 20 heavy (non-hydrogen) atoms. The Labute approximate surface area is 142 Å². The molecule has 1 aliphatic rings. The van der Waals surface area contributed by atoms with Gasteiger partial charge in [0.05, 0.1) is 0 Å². The first-order valence-electron chi connectivity index (χ1n) is 6.65. The molecule has 0 aromatic rings. The molecule has 0 aliphatic heterocycles. The van der Waals surface area contributed by atoms with Crippen molar-refractivity contribution in [1.82, 2.24) is 0 Å². The summed E-state index contributed by atoms with van der Waals surface area (Å²) in [7, 11) is 3.00. The molecule has 1 saturated carbocycles. The van der Waals surface area contributed by atoms with E-state index in [1.54, 1.807) is 5.92 Å². The minimum Gasteiger partial charge on any atom is -0.400 e. The molecule has 3 N–H and O–H groups in total. The van der Waals surface area contributed by atoms with E-state index in [4.69, 9.17) is 15.3 Å². The molecule has 1 aliphatic carbocycles. The summed E-state index contributed by atoms with van der Waals surface area (Å²) in [5.41, 5.74) is 0. The third-order valence-electron chi connectivity index (χ3n) is 3.37. The van der Waals surface area contributed by atoms with Crippen LogP contribution in [0.4, 0.5) is 0 Å². The average Bonchev–Trinajstić information content (AvgIpc) is 2.68. The van der Waals surface area contributed by atoms with Crippen molar-refractivity contribution >= 4 is 0 Å². The second-order valence-corrected chi connectivity index (χ2v) is 4.08. The maximum Gasteiger partial charge on any atom is 0.0319 e. The molecule has 0 bridgehead atoms. The predicted octanol–water partition coefficient (Wildman–Crippen LogP) is 2.97. The van der Waals surface area contributed by atoms with Crippen LogP contribution in [0.15, 0.2) is 0 Å². The monoisotopic (exact) mass is 321 g/mol. The van der Waals surface area contributed by atoms with E-state index in [0.717, 1.165) is 21.3 Å². The van der Waals surface area contributed by atoms with Crippen molar-refractivity contribution in [2.45, 2.75) is 53.9 Å². The van der Waals surface area contributed by atoms with Crippen LogP contribution < -0.4 is 0 Å². The van der Waals surface area contributed by atoms with E-state index < -0.39 is 0 Å². The molecule has 0 aromatic carbocycles. The summed E-state index contributed by atoms with van der Waals surface area (Å²) in [5, 5.41) is 21.0. The number of unbranched alkanes of at least 4 members (excludes halogenated alkanes) is 1. The minimum atomic E-state index is 0. The molecule has 0 atom stereocenters. The predicted molar refractivity (Wildman–Crippen MR) is 82.9 cm³/mol. The van der Waals surface area contributed by atoms with E-state index in [0.29, 0.717) is 0 Å². The molecule has 5 radical (unpaired) electrons. The Hall–Kier alpha value is 0.594. The molecule has 0 amide bonds. The van der Waals surface area contributed by atoms with Gasteiger partial charge in [0.2, 0.25) is 0 Å². The summed E-state index contributed by atoms with van der Waals surface area (Å²) in [5.74, 6) is 7.68. The molecule has 1 rings (SSSR count). The number of aliphatic hydroxyl groups excluding tert-OH is 3. The van der Waals surface area contributed by atoms with Crippen molar-refractivity contribution in [3.05, 3.63) is 29.6 Å². The van der Waals surface area contributed by atoms with Gasteiger partial charge in [0.25, 0.3) is 0 Å². The fourth-order valence-electron chi connectivity index (χ4n) is 2.02. The topological polar surface area (TPSA) is 60.7 Å². The van der Waals surface area contributed by atoms with E-state index in [-0.39, 0.29) is 21.7 Å². The second-order valence-electron chi connectivity index (χ2n) is 4.08. The van der Waals surface area contributed by atoms with Gasteiger partial charge in [-0.1, -0.05) is 47.5 Å².